The number of carbonyl (C=O) groups is 1. The number of aliphatic hydroxyl groups is 1. The molecule has 0 heterocycles. The van der Waals surface area contributed by atoms with Gasteiger partial charge in [-0.3, -0.25) is 10.5 Å². The molecule has 2 aromatic rings. The van der Waals surface area contributed by atoms with Crippen molar-refractivity contribution in [2.24, 2.45) is 5.73 Å². The number of methoxy groups -OCH3 is 1. The number of benzene rings is 2. The molecule has 0 unspecified atom stereocenters. The monoisotopic (exact) mass is 321 g/mol. The summed E-state index contributed by atoms with van der Waals surface area (Å²) in [6.45, 7) is 0. The summed E-state index contributed by atoms with van der Waals surface area (Å²) >= 11 is 0. The molecule has 0 radical (unpaired) electrons. The summed E-state index contributed by atoms with van der Waals surface area (Å²) in [6, 6.07) is 16.3. The first-order chi connectivity index (χ1) is 10.1. The van der Waals surface area contributed by atoms with E-state index in [1.54, 1.807) is 24.3 Å². The highest BCUT2D eigenvalue weighted by Crippen LogP contribution is 2.26. The number of nitrogens with two attached hydrogens (primary N) is 1. The molecule has 0 aliphatic heterocycles. The molecule has 22 heavy (non-hydrogen) atoms. The van der Waals surface area contributed by atoms with Gasteiger partial charge in [0.05, 0.1) is 0 Å². The zero-order valence-corrected chi connectivity index (χ0v) is 13.1. The third-order valence-corrected chi connectivity index (χ3v) is 3.58. The molecule has 2 rings (SSSR count). The molecule has 3 N–H and O–H groups in total. The largest absolute Gasteiger partial charge is 0.388 e. The molecule has 5 heteroatoms. The quantitative estimate of drug-likeness (QED) is 0.632. The van der Waals surface area contributed by atoms with E-state index in [2.05, 4.69) is 0 Å². The second-order valence-corrected chi connectivity index (χ2v) is 4.95. The third kappa shape index (κ3) is 3.93. The molecule has 4 nitrogen and oxygen atoms in total. The van der Waals surface area contributed by atoms with E-state index in [0.29, 0.717) is 17.5 Å². The number of rotatable bonds is 6. The van der Waals surface area contributed by atoms with Crippen molar-refractivity contribution in [3.63, 3.8) is 0 Å². The fourth-order valence-corrected chi connectivity index (χ4v) is 2.29. The maximum absolute atomic E-state index is 10.9. The van der Waals surface area contributed by atoms with Gasteiger partial charge in [-0.25, -0.2) is 0 Å². The molecule has 0 amide bonds. The van der Waals surface area contributed by atoms with E-state index in [4.69, 9.17) is 10.5 Å². The first-order valence-electron chi connectivity index (χ1n) is 6.72. The van der Waals surface area contributed by atoms with Gasteiger partial charge in [0.25, 0.3) is 0 Å². The molecule has 0 spiro atoms. The van der Waals surface area contributed by atoms with Crippen LogP contribution in [0.2, 0.25) is 0 Å². The number of ether oxygens (including phenoxy) is 1. The van der Waals surface area contributed by atoms with Crippen molar-refractivity contribution in [1.82, 2.24) is 0 Å². The van der Waals surface area contributed by atoms with Gasteiger partial charge in [0, 0.05) is 24.7 Å². The molecular weight excluding hydrogens is 302 g/mol. The molecule has 0 fully saturated rings. The number of hydrogen-bond acceptors (Lipinski definition) is 4. The molecule has 0 bridgehead atoms. The summed E-state index contributed by atoms with van der Waals surface area (Å²) in [5.41, 5.74) is 6.90. The molecule has 0 saturated heterocycles. The van der Waals surface area contributed by atoms with Crippen molar-refractivity contribution in [2.75, 3.05) is 7.11 Å². The highest BCUT2D eigenvalue weighted by Gasteiger charge is 2.36. The van der Waals surface area contributed by atoms with Crippen LogP contribution in [0, 0.1) is 0 Å². The van der Waals surface area contributed by atoms with E-state index in [1.165, 1.54) is 7.11 Å². The standard InChI is InChI=1S/C17H19NO3.ClH/c1-21-17(18,15-9-5-8-14(10-15)12-19)16(20)11-13-6-3-2-4-7-13;/h2-10,12,16,20H,11,18H2,1H3;1H/t16-,17-;/m1./s1. The summed E-state index contributed by atoms with van der Waals surface area (Å²) < 4.78 is 5.37. The van der Waals surface area contributed by atoms with Crippen LogP contribution in [0.4, 0.5) is 0 Å². The molecule has 0 aromatic heterocycles. The van der Waals surface area contributed by atoms with Gasteiger partial charge in [-0.1, -0.05) is 48.5 Å². The molecular formula is C17H20ClNO3. The van der Waals surface area contributed by atoms with Gasteiger partial charge < -0.3 is 9.84 Å². The lowest BCUT2D eigenvalue weighted by atomic mass is 9.92. The second kappa shape index (κ2) is 8.06. The molecule has 2 aromatic carbocycles. The fraction of sp³-hybridized carbons (Fsp3) is 0.235. The Kier molecular flexibility index (Phi) is 6.71. The Morgan fingerprint density at radius 2 is 1.91 bits per heavy atom. The SMILES string of the molecule is CO[C@](N)(c1cccc(C=O)c1)[C@H](O)Cc1ccccc1.Cl. The van der Waals surface area contributed by atoms with Crippen LogP contribution in [-0.2, 0) is 16.9 Å². The van der Waals surface area contributed by atoms with Gasteiger partial charge in [0.2, 0.25) is 0 Å². The van der Waals surface area contributed by atoms with Crippen LogP contribution >= 0.6 is 12.4 Å². The van der Waals surface area contributed by atoms with E-state index in [1.807, 2.05) is 30.3 Å². The van der Waals surface area contributed by atoms with Crippen molar-refractivity contribution < 1.29 is 14.6 Å². The number of halogens is 1. The average Bonchev–Trinajstić information content (AvgIpc) is 2.55. The fourth-order valence-electron chi connectivity index (χ4n) is 2.29. The van der Waals surface area contributed by atoms with Gasteiger partial charge in [-0.2, -0.15) is 0 Å². The predicted octanol–water partition coefficient (Wildman–Crippen LogP) is 2.28. The van der Waals surface area contributed by atoms with Gasteiger partial charge in [0.15, 0.2) is 5.72 Å². The van der Waals surface area contributed by atoms with Crippen molar-refractivity contribution >= 4 is 18.7 Å². The lowest BCUT2D eigenvalue weighted by Crippen LogP contribution is -2.50. The normalized spacial score (nSPS) is 14.5. The van der Waals surface area contributed by atoms with Crippen molar-refractivity contribution in [3.05, 3.63) is 71.3 Å². The Labute approximate surface area is 136 Å². The zero-order chi connectivity index (χ0) is 15.3. The van der Waals surface area contributed by atoms with E-state index in [0.717, 1.165) is 11.8 Å². The van der Waals surface area contributed by atoms with Crippen LogP contribution in [0.1, 0.15) is 21.5 Å². The van der Waals surface area contributed by atoms with Gasteiger partial charge >= 0.3 is 0 Å². The minimum absolute atomic E-state index is 0. The van der Waals surface area contributed by atoms with Gasteiger partial charge in [0.1, 0.15) is 12.4 Å². The van der Waals surface area contributed by atoms with Crippen molar-refractivity contribution in [3.8, 4) is 0 Å². The lowest BCUT2D eigenvalue weighted by Gasteiger charge is -2.33. The number of aldehydes is 1. The molecule has 118 valence electrons. The maximum Gasteiger partial charge on any atom is 0.168 e. The highest BCUT2D eigenvalue weighted by atomic mass is 35.5. The summed E-state index contributed by atoms with van der Waals surface area (Å²) in [5, 5.41) is 10.5. The Morgan fingerprint density at radius 1 is 1.23 bits per heavy atom. The molecule has 0 aliphatic rings. The third-order valence-electron chi connectivity index (χ3n) is 3.58. The summed E-state index contributed by atoms with van der Waals surface area (Å²) in [5.74, 6) is 0. The Bertz CT molecular complexity index is 606. The number of hydrogen-bond donors (Lipinski definition) is 2. The minimum atomic E-state index is -1.37. The first kappa shape index (κ1) is 18.3. The summed E-state index contributed by atoms with van der Waals surface area (Å²) in [7, 11) is 1.45. The van der Waals surface area contributed by atoms with Gasteiger partial charge in [-0.15, -0.1) is 12.4 Å². The second-order valence-electron chi connectivity index (χ2n) is 4.95. The maximum atomic E-state index is 10.9. The van der Waals surface area contributed by atoms with Crippen LogP contribution < -0.4 is 5.73 Å². The van der Waals surface area contributed by atoms with Crippen LogP contribution in [0.25, 0.3) is 0 Å². The van der Waals surface area contributed by atoms with Crippen LogP contribution in [-0.4, -0.2) is 24.6 Å². The van der Waals surface area contributed by atoms with Crippen LogP contribution in [0.5, 0.6) is 0 Å². The van der Waals surface area contributed by atoms with Crippen molar-refractivity contribution in [2.45, 2.75) is 18.2 Å². The minimum Gasteiger partial charge on any atom is -0.388 e. The Balaban J connectivity index is 0.00000242. The summed E-state index contributed by atoms with van der Waals surface area (Å²) in [4.78, 5) is 10.9. The molecule has 0 saturated carbocycles. The van der Waals surface area contributed by atoms with E-state index in [9.17, 15) is 9.90 Å². The average molecular weight is 322 g/mol. The van der Waals surface area contributed by atoms with Gasteiger partial charge in [-0.05, 0) is 11.6 Å². The lowest BCUT2D eigenvalue weighted by molar-refractivity contribution is -0.104. The topological polar surface area (TPSA) is 72.5 Å². The zero-order valence-electron chi connectivity index (χ0n) is 12.3. The number of aliphatic hydroxyl groups excluding tert-OH is 1. The van der Waals surface area contributed by atoms with Crippen LogP contribution in [0.15, 0.2) is 54.6 Å². The van der Waals surface area contributed by atoms with E-state index in [-0.39, 0.29) is 12.4 Å². The molecule has 0 aliphatic carbocycles. The van der Waals surface area contributed by atoms with E-state index >= 15 is 0 Å². The first-order valence-corrected chi connectivity index (χ1v) is 6.72. The number of carbonyl (C=O) groups excluding carboxylic acids is 1. The van der Waals surface area contributed by atoms with Crippen molar-refractivity contribution in [1.29, 1.82) is 0 Å². The molecule has 2 atom stereocenters. The highest BCUT2D eigenvalue weighted by molar-refractivity contribution is 5.85. The Hall–Kier alpha value is -1.72. The summed E-state index contributed by atoms with van der Waals surface area (Å²) in [6.07, 6.45) is 0.159. The smallest absolute Gasteiger partial charge is 0.168 e. The van der Waals surface area contributed by atoms with E-state index < -0.39 is 11.8 Å². The predicted molar refractivity (Wildman–Crippen MR) is 88.1 cm³/mol. The Morgan fingerprint density at radius 3 is 2.50 bits per heavy atom. The van der Waals surface area contributed by atoms with Crippen LogP contribution in [0.3, 0.4) is 0 Å².